The maximum Gasteiger partial charge on any atom is 0.257 e. The highest BCUT2D eigenvalue weighted by Crippen LogP contribution is 2.27. The Morgan fingerprint density at radius 1 is 1.09 bits per heavy atom. The normalized spacial score (nSPS) is 11.5. The Hall–Kier alpha value is -3.71. The Bertz CT molecular complexity index is 1400. The second-order valence-corrected chi connectivity index (χ2v) is 10.1. The van der Waals surface area contributed by atoms with E-state index < -0.39 is 0 Å². The lowest BCUT2D eigenvalue weighted by Crippen LogP contribution is -2.27. The minimum atomic E-state index is -0.335. The number of fused-ring (bicyclic) bond motifs is 1. The van der Waals surface area contributed by atoms with Crippen molar-refractivity contribution in [2.75, 3.05) is 5.32 Å². The van der Waals surface area contributed by atoms with Crippen LogP contribution in [0.2, 0.25) is 5.02 Å². The Labute approximate surface area is 209 Å². The summed E-state index contributed by atoms with van der Waals surface area (Å²) in [6, 6.07) is 14.7. The van der Waals surface area contributed by atoms with Crippen molar-refractivity contribution in [3.8, 4) is 5.69 Å². The number of rotatable bonds is 6. The molecule has 0 fully saturated rings. The van der Waals surface area contributed by atoms with Gasteiger partial charge in [0.25, 0.3) is 5.91 Å². The van der Waals surface area contributed by atoms with Crippen LogP contribution in [0.3, 0.4) is 0 Å². The van der Waals surface area contributed by atoms with E-state index in [4.69, 9.17) is 11.6 Å². The van der Waals surface area contributed by atoms with Crippen LogP contribution in [0.5, 0.6) is 0 Å². The van der Waals surface area contributed by atoms with E-state index in [1.807, 2.05) is 62.7 Å². The zero-order valence-electron chi connectivity index (χ0n) is 20.2. The minimum Gasteiger partial charge on any atom is -0.352 e. The monoisotopic (exact) mass is 489 g/mol. The van der Waals surface area contributed by atoms with Gasteiger partial charge in [-0.25, -0.2) is 4.68 Å². The van der Waals surface area contributed by atoms with Crippen molar-refractivity contribution in [2.24, 2.45) is 5.41 Å². The highest BCUT2D eigenvalue weighted by atomic mass is 35.5. The lowest BCUT2D eigenvalue weighted by molar-refractivity contribution is -0.122. The molecule has 0 saturated carbocycles. The molecule has 0 aliphatic heterocycles. The van der Waals surface area contributed by atoms with E-state index in [0.717, 1.165) is 27.8 Å². The van der Waals surface area contributed by atoms with Crippen LogP contribution >= 0.6 is 11.6 Å². The first-order valence-electron chi connectivity index (χ1n) is 11.4. The van der Waals surface area contributed by atoms with Gasteiger partial charge in [0.2, 0.25) is 5.91 Å². The third-order valence-electron chi connectivity index (χ3n) is 5.44. The van der Waals surface area contributed by atoms with E-state index in [1.54, 1.807) is 30.6 Å². The number of halogens is 1. The van der Waals surface area contributed by atoms with Crippen LogP contribution in [0.4, 0.5) is 5.69 Å². The van der Waals surface area contributed by atoms with Crippen molar-refractivity contribution in [3.63, 3.8) is 0 Å². The fraction of sp³-hybridized carbons (Fsp3) is 0.259. The SMILES string of the molecule is Cc1cc(-n2ncc3c(NC(=O)c4cc(CNC(=O)CC(C)(C)C)ccc4Cl)cccc32)ccn1. The smallest absolute Gasteiger partial charge is 0.257 e. The quantitative estimate of drug-likeness (QED) is 0.364. The Kier molecular flexibility index (Phi) is 6.89. The summed E-state index contributed by atoms with van der Waals surface area (Å²) >= 11 is 6.35. The standard InChI is InChI=1S/C27H28ClN5O2/c1-17-12-19(10-11-29-17)33-24-7-5-6-23(21(24)16-31-33)32-26(35)20-13-18(8-9-22(20)28)15-30-25(34)14-27(2,3)4/h5-13,16H,14-15H2,1-4H3,(H,30,34)(H,32,35). The van der Waals surface area contributed by atoms with E-state index >= 15 is 0 Å². The second-order valence-electron chi connectivity index (χ2n) is 9.73. The van der Waals surface area contributed by atoms with E-state index in [0.29, 0.717) is 29.2 Å². The average Bonchev–Trinajstić information content (AvgIpc) is 3.22. The zero-order chi connectivity index (χ0) is 25.2. The average molecular weight is 490 g/mol. The van der Waals surface area contributed by atoms with Crippen LogP contribution in [-0.4, -0.2) is 26.6 Å². The third-order valence-corrected chi connectivity index (χ3v) is 5.77. The molecule has 4 aromatic rings. The molecule has 7 nitrogen and oxygen atoms in total. The van der Waals surface area contributed by atoms with Gasteiger partial charge in [-0.05, 0) is 54.3 Å². The Balaban J connectivity index is 1.54. The molecule has 180 valence electrons. The number of pyridine rings is 1. The number of amides is 2. The van der Waals surface area contributed by atoms with Gasteiger partial charge in [0, 0.05) is 30.2 Å². The molecule has 8 heteroatoms. The molecule has 2 heterocycles. The number of nitrogens with one attached hydrogen (secondary N) is 2. The Morgan fingerprint density at radius 3 is 2.63 bits per heavy atom. The number of nitrogens with zero attached hydrogens (tertiary/aromatic N) is 3. The highest BCUT2D eigenvalue weighted by molar-refractivity contribution is 6.34. The fourth-order valence-corrected chi connectivity index (χ4v) is 4.02. The summed E-state index contributed by atoms with van der Waals surface area (Å²) in [7, 11) is 0. The van der Waals surface area contributed by atoms with Gasteiger partial charge in [-0.3, -0.25) is 14.6 Å². The van der Waals surface area contributed by atoms with Crippen molar-refractivity contribution >= 4 is 40.0 Å². The number of carbonyl (C=O) groups excluding carboxylic acids is 2. The van der Waals surface area contributed by atoms with Gasteiger partial charge >= 0.3 is 0 Å². The van der Waals surface area contributed by atoms with Gasteiger partial charge in [0.15, 0.2) is 0 Å². The van der Waals surface area contributed by atoms with Crippen LogP contribution in [-0.2, 0) is 11.3 Å². The molecular weight excluding hydrogens is 462 g/mol. The van der Waals surface area contributed by atoms with E-state index in [9.17, 15) is 9.59 Å². The summed E-state index contributed by atoms with van der Waals surface area (Å²) in [5.41, 5.74) is 4.30. The van der Waals surface area contributed by atoms with Gasteiger partial charge in [-0.15, -0.1) is 0 Å². The Morgan fingerprint density at radius 2 is 1.89 bits per heavy atom. The van der Waals surface area contributed by atoms with Gasteiger partial charge in [0.1, 0.15) is 0 Å². The third kappa shape index (κ3) is 5.87. The number of benzene rings is 2. The van der Waals surface area contributed by atoms with E-state index in [-0.39, 0.29) is 17.2 Å². The first-order valence-corrected chi connectivity index (χ1v) is 11.7. The molecule has 0 radical (unpaired) electrons. The summed E-state index contributed by atoms with van der Waals surface area (Å²) in [6.45, 7) is 8.29. The molecule has 2 aromatic carbocycles. The van der Waals surface area contributed by atoms with Crippen LogP contribution in [0, 0.1) is 12.3 Å². The molecular formula is C27H28ClN5O2. The van der Waals surface area contributed by atoms with Crippen LogP contribution in [0.15, 0.2) is 60.9 Å². The van der Waals surface area contributed by atoms with Gasteiger partial charge in [0.05, 0.1) is 33.7 Å². The molecule has 0 spiro atoms. The van der Waals surface area contributed by atoms with Crippen molar-refractivity contribution in [2.45, 2.75) is 40.7 Å². The molecule has 0 saturated heterocycles. The summed E-state index contributed by atoms with van der Waals surface area (Å²) in [4.78, 5) is 29.6. The summed E-state index contributed by atoms with van der Waals surface area (Å²) in [6.07, 6.45) is 3.89. The number of hydrogen-bond donors (Lipinski definition) is 2. The van der Waals surface area contributed by atoms with Crippen LogP contribution in [0.1, 0.15) is 48.8 Å². The van der Waals surface area contributed by atoms with Gasteiger partial charge in [-0.1, -0.05) is 44.5 Å². The summed E-state index contributed by atoms with van der Waals surface area (Å²) in [5.74, 6) is -0.371. The molecule has 0 unspecified atom stereocenters. The topological polar surface area (TPSA) is 88.9 Å². The molecule has 0 aliphatic rings. The van der Waals surface area contributed by atoms with Crippen LogP contribution in [0.25, 0.3) is 16.6 Å². The largest absolute Gasteiger partial charge is 0.352 e. The zero-order valence-corrected chi connectivity index (χ0v) is 21.0. The fourth-order valence-electron chi connectivity index (χ4n) is 3.82. The number of aryl methyl sites for hydroxylation is 1. The van der Waals surface area contributed by atoms with Crippen molar-refractivity contribution in [3.05, 3.63) is 82.8 Å². The maximum atomic E-state index is 13.2. The summed E-state index contributed by atoms with van der Waals surface area (Å²) in [5, 5.41) is 11.5. The molecule has 2 aromatic heterocycles. The van der Waals surface area contributed by atoms with Crippen molar-refractivity contribution in [1.82, 2.24) is 20.1 Å². The molecule has 35 heavy (non-hydrogen) atoms. The molecule has 0 aliphatic carbocycles. The molecule has 0 atom stereocenters. The first-order chi connectivity index (χ1) is 16.6. The minimum absolute atomic E-state index is 0.0356. The maximum absolute atomic E-state index is 13.2. The predicted molar refractivity (Wildman–Crippen MR) is 139 cm³/mol. The summed E-state index contributed by atoms with van der Waals surface area (Å²) < 4.78 is 1.81. The van der Waals surface area contributed by atoms with Gasteiger partial charge < -0.3 is 10.6 Å². The number of carbonyl (C=O) groups is 2. The van der Waals surface area contributed by atoms with Crippen LogP contribution < -0.4 is 10.6 Å². The van der Waals surface area contributed by atoms with Crippen molar-refractivity contribution in [1.29, 1.82) is 0 Å². The van der Waals surface area contributed by atoms with E-state index in [1.165, 1.54) is 0 Å². The predicted octanol–water partition coefficient (Wildman–Crippen LogP) is 5.69. The second kappa shape index (κ2) is 9.88. The number of hydrogen-bond acceptors (Lipinski definition) is 4. The molecule has 2 N–H and O–H groups in total. The lowest BCUT2D eigenvalue weighted by atomic mass is 9.92. The van der Waals surface area contributed by atoms with Gasteiger partial charge in [-0.2, -0.15) is 5.10 Å². The molecule has 4 rings (SSSR count). The molecule has 0 bridgehead atoms. The highest BCUT2D eigenvalue weighted by Gasteiger charge is 2.17. The van der Waals surface area contributed by atoms with Crippen molar-refractivity contribution < 1.29 is 9.59 Å². The molecule has 2 amide bonds. The number of aromatic nitrogens is 3. The van der Waals surface area contributed by atoms with E-state index in [2.05, 4.69) is 20.7 Å². The number of anilines is 1. The lowest BCUT2D eigenvalue weighted by Gasteiger charge is -2.17. The first kappa shape index (κ1) is 24.4.